The largest absolute Gasteiger partial charge is 0.493 e. The quantitative estimate of drug-likeness (QED) is 0.0246. The van der Waals surface area contributed by atoms with Crippen LogP contribution < -0.4 is 28.4 Å². The highest BCUT2D eigenvalue weighted by atomic mass is 16.6. The van der Waals surface area contributed by atoms with Gasteiger partial charge in [0.25, 0.3) is 0 Å². The predicted molar refractivity (Wildman–Crippen MR) is 297 cm³/mol. The van der Waals surface area contributed by atoms with Crippen LogP contribution in [0.3, 0.4) is 0 Å². The second-order valence-electron chi connectivity index (χ2n) is 19.0. The molecule has 78 heavy (non-hydrogen) atoms. The van der Waals surface area contributed by atoms with E-state index in [1.807, 2.05) is 38.1 Å². The minimum atomic E-state index is -0.769. The van der Waals surface area contributed by atoms with E-state index in [2.05, 4.69) is 13.8 Å². The SMILES string of the molecule is CCCCCCCC(C)OC(=O)c1ccc(-c2ccc(OC(=O)c3ccc(OC(=O)CCC(=O)Oc4ccc(C(=O)Oc5ccc(-c6ccc(C(=O)OC(C)CCCCCCC)cc6)cc5)cc4OC)c(OC)c3)cc2)cc1. The normalized spacial score (nSPS) is 11.6. The van der Waals surface area contributed by atoms with Crippen LogP contribution in [-0.4, -0.2) is 62.2 Å². The van der Waals surface area contributed by atoms with Crippen molar-refractivity contribution in [1.82, 2.24) is 0 Å². The standard InChI is InChI=1S/C64H70O14/c1-7-9-11-13-15-17-43(3)73-61(67)49-23-19-45(20-24-49)47-27-33-53(34-28-47)75-63(69)51-31-37-55(57(41-51)71-5)77-59(65)39-40-60(66)78-56-38-32-52(42-58(56)72-6)64(70)76-54-35-29-48(30-36-54)46-21-25-50(26-22-46)62(68)74-44(4)18-16-14-12-10-8-2/h19-38,41-44H,7-18,39-40H2,1-6H3. The van der Waals surface area contributed by atoms with Gasteiger partial charge in [-0.1, -0.05) is 114 Å². The molecular weight excluding hydrogens is 993 g/mol. The maximum atomic E-state index is 13.1. The second-order valence-corrected chi connectivity index (χ2v) is 19.0. The van der Waals surface area contributed by atoms with E-state index in [4.69, 9.17) is 37.9 Å². The highest BCUT2D eigenvalue weighted by molar-refractivity contribution is 5.94. The van der Waals surface area contributed by atoms with Crippen molar-refractivity contribution in [1.29, 1.82) is 0 Å². The van der Waals surface area contributed by atoms with Gasteiger partial charge in [-0.3, -0.25) is 9.59 Å². The molecule has 2 unspecified atom stereocenters. The Morgan fingerprint density at radius 1 is 0.359 bits per heavy atom. The minimum Gasteiger partial charge on any atom is -0.493 e. The monoisotopic (exact) mass is 1060 g/mol. The maximum absolute atomic E-state index is 13.1. The molecule has 2 atom stereocenters. The van der Waals surface area contributed by atoms with E-state index in [1.54, 1.807) is 72.8 Å². The van der Waals surface area contributed by atoms with E-state index in [9.17, 15) is 28.8 Å². The van der Waals surface area contributed by atoms with E-state index < -0.39 is 23.9 Å². The fourth-order valence-electron chi connectivity index (χ4n) is 8.36. The summed E-state index contributed by atoms with van der Waals surface area (Å²) in [6, 6.07) is 36.4. The van der Waals surface area contributed by atoms with Crippen LogP contribution in [0.25, 0.3) is 22.3 Å². The number of hydrogen-bond acceptors (Lipinski definition) is 14. The van der Waals surface area contributed by atoms with Gasteiger partial charge in [0, 0.05) is 0 Å². The fourth-order valence-corrected chi connectivity index (χ4v) is 8.36. The Morgan fingerprint density at radius 3 is 1.01 bits per heavy atom. The van der Waals surface area contributed by atoms with Gasteiger partial charge in [0.15, 0.2) is 23.0 Å². The van der Waals surface area contributed by atoms with Crippen molar-refractivity contribution in [3.8, 4) is 56.8 Å². The van der Waals surface area contributed by atoms with Crippen molar-refractivity contribution >= 4 is 35.8 Å². The summed E-state index contributed by atoms with van der Waals surface area (Å²) in [6.07, 6.45) is 12.2. The summed E-state index contributed by atoms with van der Waals surface area (Å²) >= 11 is 0. The van der Waals surface area contributed by atoms with Gasteiger partial charge in [-0.25, -0.2) is 19.2 Å². The predicted octanol–water partition coefficient (Wildman–Crippen LogP) is 14.6. The van der Waals surface area contributed by atoms with Crippen molar-refractivity contribution in [2.75, 3.05) is 14.2 Å². The molecule has 6 aromatic carbocycles. The zero-order valence-electron chi connectivity index (χ0n) is 45.5. The lowest BCUT2D eigenvalue weighted by Gasteiger charge is -2.13. The van der Waals surface area contributed by atoms with Crippen LogP contribution in [0.1, 0.15) is 159 Å². The number of benzene rings is 6. The number of esters is 6. The van der Waals surface area contributed by atoms with Gasteiger partial charge in [0.05, 0.1) is 61.5 Å². The fraction of sp³-hybridized carbons (Fsp3) is 0.344. The topological polar surface area (TPSA) is 176 Å². The van der Waals surface area contributed by atoms with Crippen LogP contribution >= 0.6 is 0 Å². The third-order valence-electron chi connectivity index (χ3n) is 12.9. The van der Waals surface area contributed by atoms with E-state index >= 15 is 0 Å². The molecule has 0 saturated heterocycles. The highest BCUT2D eigenvalue weighted by Crippen LogP contribution is 2.32. The molecule has 0 bridgehead atoms. The van der Waals surface area contributed by atoms with Crippen molar-refractivity contribution < 1.29 is 66.7 Å². The first kappa shape index (κ1) is 59.0. The van der Waals surface area contributed by atoms with E-state index in [0.717, 1.165) is 60.8 Å². The summed E-state index contributed by atoms with van der Waals surface area (Å²) in [6.45, 7) is 8.21. The number of unbranched alkanes of at least 4 members (excludes halogenated alkanes) is 8. The second kappa shape index (κ2) is 30.5. The molecule has 0 N–H and O–H groups in total. The van der Waals surface area contributed by atoms with E-state index in [0.29, 0.717) is 11.1 Å². The molecular formula is C64H70O14. The lowest BCUT2D eigenvalue weighted by molar-refractivity contribution is -0.140. The lowest BCUT2D eigenvalue weighted by Crippen LogP contribution is -2.15. The Morgan fingerprint density at radius 2 is 0.679 bits per heavy atom. The zero-order chi connectivity index (χ0) is 55.8. The minimum absolute atomic E-state index is 0.0157. The first-order valence-electron chi connectivity index (χ1n) is 26.8. The third-order valence-corrected chi connectivity index (χ3v) is 12.9. The van der Waals surface area contributed by atoms with Crippen molar-refractivity contribution in [3.05, 3.63) is 156 Å². The van der Waals surface area contributed by atoms with E-state index in [1.165, 1.54) is 89.1 Å². The number of methoxy groups -OCH3 is 2. The first-order chi connectivity index (χ1) is 37.8. The molecule has 0 spiro atoms. The Balaban J connectivity index is 0.928. The first-order valence-corrected chi connectivity index (χ1v) is 26.8. The number of carbonyl (C=O) groups excluding carboxylic acids is 6. The molecule has 14 heteroatoms. The van der Waals surface area contributed by atoms with Gasteiger partial charge in [0.1, 0.15) is 11.5 Å². The van der Waals surface area contributed by atoms with Gasteiger partial charge in [-0.15, -0.1) is 0 Å². The molecule has 0 aliphatic rings. The van der Waals surface area contributed by atoms with Crippen LogP contribution in [0.5, 0.6) is 34.5 Å². The molecule has 6 rings (SSSR count). The molecule has 14 nitrogen and oxygen atoms in total. The van der Waals surface area contributed by atoms with Crippen molar-refractivity contribution in [2.45, 2.75) is 130 Å². The van der Waals surface area contributed by atoms with E-state index in [-0.39, 0.29) is 82.6 Å². The lowest BCUT2D eigenvalue weighted by atomic mass is 10.0. The smallest absolute Gasteiger partial charge is 0.343 e. The Kier molecular flexibility index (Phi) is 23.0. The molecule has 0 heterocycles. The molecule has 0 amide bonds. The van der Waals surface area contributed by atoms with Crippen LogP contribution in [0.4, 0.5) is 0 Å². The molecule has 6 aromatic rings. The Hall–Kier alpha value is -8.26. The summed E-state index contributed by atoms with van der Waals surface area (Å²) in [5.74, 6) is -2.84. The van der Waals surface area contributed by atoms with Gasteiger partial charge >= 0.3 is 35.8 Å². The zero-order valence-corrected chi connectivity index (χ0v) is 45.5. The van der Waals surface area contributed by atoms with Gasteiger partial charge in [0.2, 0.25) is 0 Å². The molecule has 0 radical (unpaired) electrons. The summed E-state index contributed by atoms with van der Waals surface area (Å²) in [5.41, 5.74) is 4.62. The summed E-state index contributed by atoms with van der Waals surface area (Å²) in [7, 11) is 2.70. The van der Waals surface area contributed by atoms with Gasteiger partial charge in [-0.2, -0.15) is 0 Å². The summed E-state index contributed by atoms with van der Waals surface area (Å²) in [5, 5.41) is 0. The van der Waals surface area contributed by atoms with Crippen molar-refractivity contribution in [3.63, 3.8) is 0 Å². The number of ether oxygens (including phenoxy) is 8. The van der Waals surface area contributed by atoms with Gasteiger partial charge in [-0.05, 0) is 147 Å². The van der Waals surface area contributed by atoms with Crippen molar-refractivity contribution in [2.24, 2.45) is 0 Å². The van der Waals surface area contributed by atoms with Gasteiger partial charge < -0.3 is 37.9 Å². The average Bonchev–Trinajstić information content (AvgIpc) is 3.47. The molecule has 0 fully saturated rings. The highest BCUT2D eigenvalue weighted by Gasteiger charge is 2.21. The average molecular weight is 1060 g/mol. The number of rotatable bonds is 29. The molecule has 410 valence electrons. The molecule has 0 aliphatic heterocycles. The Bertz CT molecular complexity index is 2730. The third kappa shape index (κ3) is 18.2. The summed E-state index contributed by atoms with van der Waals surface area (Å²) in [4.78, 5) is 77.5. The maximum Gasteiger partial charge on any atom is 0.343 e. The number of carbonyl (C=O) groups is 6. The number of hydrogen-bond donors (Lipinski definition) is 0. The summed E-state index contributed by atoms with van der Waals surface area (Å²) < 4.78 is 44.2. The molecule has 0 saturated carbocycles. The van der Waals surface area contributed by atoms with Crippen LogP contribution in [-0.2, 0) is 19.1 Å². The van der Waals surface area contributed by atoms with Crippen LogP contribution in [0.2, 0.25) is 0 Å². The molecule has 0 aromatic heterocycles. The van der Waals surface area contributed by atoms with Crippen LogP contribution in [0.15, 0.2) is 133 Å². The van der Waals surface area contributed by atoms with Crippen LogP contribution in [0, 0.1) is 0 Å². The Labute approximate surface area is 457 Å². The molecule has 0 aliphatic carbocycles.